The third-order valence-corrected chi connectivity index (χ3v) is 7.67. The number of piperidine rings is 1. The Morgan fingerprint density at radius 1 is 0.966 bits per heavy atom. The third-order valence-electron chi connectivity index (χ3n) is 6.73. The van der Waals surface area contributed by atoms with Crippen molar-refractivity contribution in [3.63, 3.8) is 0 Å². The summed E-state index contributed by atoms with van der Waals surface area (Å²) in [5.74, 6) is 4.94. The van der Waals surface area contributed by atoms with Gasteiger partial charge < -0.3 is 9.64 Å². The second kappa shape index (κ2) is 10.7. The zero-order valence-corrected chi connectivity index (χ0v) is 18.5. The quantitative estimate of drug-likeness (QED) is 0.658. The molecule has 0 aromatic heterocycles. The summed E-state index contributed by atoms with van der Waals surface area (Å²) in [4.78, 5) is 17.3. The molecule has 1 atom stereocenters. The van der Waals surface area contributed by atoms with Crippen molar-refractivity contribution in [2.24, 2.45) is 11.8 Å². The van der Waals surface area contributed by atoms with Crippen LogP contribution >= 0.6 is 11.8 Å². The molecule has 4 nitrogen and oxygen atoms in total. The first-order valence-corrected chi connectivity index (χ1v) is 12.7. The lowest BCUT2D eigenvalue weighted by atomic mass is 9.97. The maximum Gasteiger partial charge on any atom is 0.222 e. The van der Waals surface area contributed by atoms with Gasteiger partial charge in [-0.1, -0.05) is 25.0 Å². The Bertz CT molecular complexity index is 639. The molecule has 0 bridgehead atoms. The average molecular weight is 417 g/mol. The summed E-state index contributed by atoms with van der Waals surface area (Å²) in [5, 5.41) is 0. The molecule has 2 saturated heterocycles. The lowest BCUT2D eigenvalue weighted by molar-refractivity contribution is -0.134. The van der Waals surface area contributed by atoms with E-state index in [1.807, 2.05) is 0 Å². The van der Waals surface area contributed by atoms with E-state index in [0.717, 1.165) is 51.3 Å². The first kappa shape index (κ1) is 21.0. The van der Waals surface area contributed by atoms with Crippen LogP contribution in [0, 0.1) is 11.8 Å². The highest BCUT2D eigenvalue weighted by atomic mass is 32.2. The van der Waals surface area contributed by atoms with Crippen molar-refractivity contribution in [1.29, 1.82) is 0 Å². The van der Waals surface area contributed by atoms with Crippen LogP contribution in [0.3, 0.4) is 0 Å². The molecule has 3 fully saturated rings. The Hall–Kier alpha value is -1.20. The zero-order valence-electron chi connectivity index (χ0n) is 17.7. The number of thioether (sulfide) groups is 1. The van der Waals surface area contributed by atoms with Crippen LogP contribution in [0.5, 0.6) is 5.75 Å². The fourth-order valence-corrected chi connectivity index (χ4v) is 5.92. The molecule has 2 aliphatic heterocycles. The Morgan fingerprint density at radius 3 is 2.45 bits per heavy atom. The maximum atomic E-state index is 12.7. The van der Waals surface area contributed by atoms with Crippen molar-refractivity contribution in [1.82, 2.24) is 9.80 Å². The van der Waals surface area contributed by atoms with Crippen molar-refractivity contribution in [3.8, 4) is 5.75 Å². The molecular formula is C24H36N2O2S. The van der Waals surface area contributed by atoms with Gasteiger partial charge in [-0.2, -0.15) is 11.8 Å². The standard InChI is InChI=1S/C24H36N2O2S/c27-24(16-20-4-1-2-5-20)26-11-3-6-22(18-26)19-28-23-9-7-21(8-10-23)17-25-12-14-29-15-13-25/h7-10,20,22H,1-6,11-19H2/t22-/m1/s1. The smallest absolute Gasteiger partial charge is 0.222 e. The van der Waals surface area contributed by atoms with Crippen LogP contribution in [-0.4, -0.2) is 60.0 Å². The number of carbonyl (C=O) groups is 1. The number of likely N-dealkylation sites (tertiary alicyclic amines) is 1. The van der Waals surface area contributed by atoms with Gasteiger partial charge in [0.05, 0.1) is 6.61 Å². The number of carbonyl (C=O) groups excluding carboxylic acids is 1. The molecule has 1 aliphatic carbocycles. The summed E-state index contributed by atoms with van der Waals surface area (Å²) in [7, 11) is 0. The van der Waals surface area contributed by atoms with Crippen molar-refractivity contribution >= 4 is 17.7 Å². The van der Waals surface area contributed by atoms with Crippen LogP contribution < -0.4 is 4.74 Å². The number of nitrogens with zero attached hydrogens (tertiary/aromatic N) is 2. The monoisotopic (exact) mass is 416 g/mol. The summed E-state index contributed by atoms with van der Waals surface area (Å²) >= 11 is 2.05. The highest BCUT2D eigenvalue weighted by Gasteiger charge is 2.27. The van der Waals surface area contributed by atoms with E-state index < -0.39 is 0 Å². The SMILES string of the molecule is O=C(CC1CCCC1)N1CCC[C@@H](COc2ccc(CN3CCSCC3)cc2)C1. The van der Waals surface area contributed by atoms with Crippen LogP contribution in [0.2, 0.25) is 0 Å². The Balaban J connectivity index is 1.20. The lowest BCUT2D eigenvalue weighted by Gasteiger charge is -2.33. The van der Waals surface area contributed by atoms with Crippen molar-refractivity contribution in [2.45, 2.75) is 51.5 Å². The summed E-state index contributed by atoms with van der Waals surface area (Å²) in [6, 6.07) is 8.63. The molecule has 0 unspecified atom stereocenters. The first-order chi connectivity index (χ1) is 14.3. The van der Waals surface area contributed by atoms with Gasteiger partial charge in [-0.05, 0) is 49.3 Å². The van der Waals surface area contributed by atoms with Gasteiger partial charge in [-0.25, -0.2) is 0 Å². The van der Waals surface area contributed by atoms with E-state index in [2.05, 4.69) is 45.8 Å². The van der Waals surface area contributed by atoms with Crippen LogP contribution in [0.15, 0.2) is 24.3 Å². The van der Waals surface area contributed by atoms with Crippen LogP contribution in [0.25, 0.3) is 0 Å². The molecule has 2 heterocycles. The van der Waals surface area contributed by atoms with Gasteiger partial charge >= 0.3 is 0 Å². The minimum Gasteiger partial charge on any atom is -0.493 e. The molecular weight excluding hydrogens is 380 g/mol. The molecule has 4 rings (SSSR count). The molecule has 29 heavy (non-hydrogen) atoms. The number of rotatable bonds is 7. The fourth-order valence-electron chi connectivity index (χ4n) is 4.94. The second-order valence-electron chi connectivity index (χ2n) is 9.05. The predicted molar refractivity (Wildman–Crippen MR) is 120 cm³/mol. The molecule has 3 aliphatic rings. The van der Waals surface area contributed by atoms with E-state index in [-0.39, 0.29) is 0 Å². The van der Waals surface area contributed by atoms with Gasteiger partial charge in [0.25, 0.3) is 0 Å². The second-order valence-corrected chi connectivity index (χ2v) is 10.3. The van der Waals surface area contributed by atoms with E-state index in [9.17, 15) is 4.79 Å². The average Bonchev–Trinajstić information content (AvgIpc) is 3.27. The topological polar surface area (TPSA) is 32.8 Å². The summed E-state index contributed by atoms with van der Waals surface area (Å²) in [5.41, 5.74) is 1.37. The van der Waals surface area contributed by atoms with E-state index in [0.29, 0.717) is 17.7 Å². The first-order valence-electron chi connectivity index (χ1n) is 11.6. The predicted octanol–water partition coefficient (Wildman–Crippen LogP) is 4.43. The summed E-state index contributed by atoms with van der Waals surface area (Å²) in [6.07, 6.45) is 8.16. The Kier molecular flexibility index (Phi) is 7.78. The van der Waals surface area contributed by atoms with Gasteiger partial charge in [0, 0.05) is 56.6 Å². The summed E-state index contributed by atoms with van der Waals surface area (Å²) in [6.45, 7) is 5.96. The van der Waals surface area contributed by atoms with Crippen LogP contribution in [-0.2, 0) is 11.3 Å². The van der Waals surface area contributed by atoms with Gasteiger partial charge in [0.2, 0.25) is 5.91 Å². The van der Waals surface area contributed by atoms with Crippen molar-refractivity contribution in [2.75, 3.05) is 44.3 Å². The van der Waals surface area contributed by atoms with Crippen molar-refractivity contribution in [3.05, 3.63) is 29.8 Å². The van der Waals surface area contributed by atoms with Gasteiger partial charge in [0.1, 0.15) is 5.75 Å². The van der Waals surface area contributed by atoms with Gasteiger partial charge in [-0.3, -0.25) is 9.69 Å². The third kappa shape index (κ3) is 6.39. The molecule has 1 saturated carbocycles. The molecule has 1 aromatic carbocycles. The number of hydrogen-bond donors (Lipinski definition) is 0. The minimum absolute atomic E-state index is 0.377. The Labute approximate surface area is 180 Å². The lowest BCUT2D eigenvalue weighted by Crippen LogP contribution is -2.42. The number of amides is 1. The van der Waals surface area contributed by atoms with E-state index in [4.69, 9.17) is 4.74 Å². The van der Waals surface area contributed by atoms with Gasteiger partial charge in [0.15, 0.2) is 0 Å². The maximum absolute atomic E-state index is 12.7. The van der Waals surface area contributed by atoms with Crippen LogP contribution in [0.1, 0.15) is 50.5 Å². The largest absolute Gasteiger partial charge is 0.493 e. The van der Waals surface area contributed by atoms with E-state index in [1.165, 1.54) is 55.8 Å². The minimum atomic E-state index is 0.377. The molecule has 5 heteroatoms. The fraction of sp³-hybridized carbons (Fsp3) is 0.708. The Morgan fingerprint density at radius 2 is 1.69 bits per heavy atom. The molecule has 160 valence electrons. The molecule has 0 radical (unpaired) electrons. The molecule has 0 spiro atoms. The summed E-state index contributed by atoms with van der Waals surface area (Å²) < 4.78 is 6.10. The number of ether oxygens (including phenoxy) is 1. The van der Waals surface area contributed by atoms with Crippen LogP contribution in [0.4, 0.5) is 0 Å². The normalized spacial score (nSPS) is 24.0. The highest BCUT2D eigenvalue weighted by molar-refractivity contribution is 7.99. The molecule has 0 N–H and O–H groups in total. The number of benzene rings is 1. The zero-order chi connectivity index (χ0) is 19.9. The molecule has 1 aromatic rings. The van der Waals surface area contributed by atoms with E-state index in [1.54, 1.807) is 0 Å². The van der Waals surface area contributed by atoms with E-state index >= 15 is 0 Å². The molecule has 1 amide bonds. The van der Waals surface area contributed by atoms with Crippen molar-refractivity contribution < 1.29 is 9.53 Å². The number of hydrogen-bond acceptors (Lipinski definition) is 4. The highest BCUT2D eigenvalue weighted by Crippen LogP contribution is 2.29. The van der Waals surface area contributed by atoms with Gasteiger partial charge in [-0.15, -0.1) is 0 Å².